The van der Waals surface area contributed by atoms with Crippen molar-refractivity contribution in [2.24, 2.45) is 0 Å². The van der Waals surface area contributed by atoms with E-state index in [9.17, 15) is 9.18 Å². The fraction of sp³-hybridized carbons (Fsp3) is 0.158. The Kier molecular flexibility index (Phi) is 4.72. The first-order chi connectivity index (χ1) is 13.2. The minimum atomic E-state index is -0.551. The van der Waals surface area contributed by atoms with Crippen LogP contribution in [0.4, 0.5) is 4.39 Å². The number of hydrogen-bond acceptors (Lipinski definition) is 6. The second-order valence-electron chi connectivity index (χ2n) is 5.74. The van der Waals surface area contributed by atoms with Crippen LogP contribution in [0.5, 0.6) is 0 Å². The van der Waals surface area contributed by atoms with Crippen molar-refractivity contribution < 1.29 is 13.9 Å². The molecule has 4 aromatic rings. The monoisotopic (exact) mass is 382 g/mol. The van der Waals surface area contributed by atoms with Gasteiger partial charge in [0.2, 0.25) is 5.69 Å². The maximum Gasteiger partial charge on any atom is 0.362 e. The average Bonchev–Trinajstić information content (AvgIpc) is 3.12. The van der Waals surface area contributed by atoms with Gasteiger partial charge in [-0.3, -0.25) is 0 Å². The van der Waals surface area contributed by atoms with Gasteiger partial charge < -0.3 is 4.74 Å². The Morgan fingerprint density at radius 1 is 1.19 bits per heavy atom. The molecule has 27 heavy (non-hydrogen) atoms. The van der Waals surface area contributed by atoms with Crippen molar-refractivity contribution in [2.45, 2.75) is 17.7 Å². The number of carbonyl (C=O) groups is 1. The maximum atomic E-state index is 13.1. The molecule has 0 aliphatic carbocycles. The van der Waals surface area contributed by atoms with E-state index in [1.807, 2.05) is 24.3 Å². The lowest BCUT2D eigenvalue weighted by Crippen LogP contribution is -2.07. The van der Waals surface area contributed by atoms with Crippen LogP contribution < -0.4 is 0 Å². The number of halogens is 1. The van der Waals surface area contributed by atoms with Gasteiger partial charge >= 0.3 is 5.97 Å². The summed E-state index contributed by atoms with van der Waals surface area (Å²) in [7, 11) is 0. The van der Waals surface area contributed by atoms with Crippen molar-refractivity contribution in [1.82, 2.24) is 19.8 Å². The second-order valence-corrected chi connectivity index (χ2v) is 6.71. The van der Waals surface area contributed by atoms with Gasteiger partial charge in [-0.05, 0) is 30.7 Å². The van der Waals surface area contributed by atoms with Gasteiger partial charge in [0, 0.05) is 11.1 Å². The highest BCUT2D eigenvalue weighted by Crippen LogP contribution is 2.30. The smallest absolute Gasteiger partial charge is 0.362 e. The molecule has 0 aliphatic heterocycles. The molecule has 0 bridgehead atoms. The van der Waals surface area contributed by atoms with Crippen molar-refractivity contribution in [2.75, 3.05) is 6.61 Å². The maximum absolute atomic E-state index is 13.1. The van der Waals surface area contributed by atoms with E-state index in [1.165, 1.54) is 23.9 Å². The minimum absolute atomic E-state index is 0.0891. The van der Waals surface area contributed by atoms with Crippen LogP contribution in [0.3, 0.4) is 0 Å². The van der Waals surface area contributed by atoms with Crippen LogP contribution in [-0.4, -0.2) is 32.4 Å². The standard InChI is InChI=1S/C19H15FN4O2S/c1-2-26-19(25)16-17-21-18(27-11-12-7-9-13(20)10-8-12)14-5-3-4-6-15(14)24(17)23-22-16/h3-10H,2,11H2,1H3. The van der Waals surface area contributed by atoms with Crippen molar-refractivity contribution >= 4 is 34.3 Å². The quantitative estimate of drug-likeness (QED) is 0.296. The molecule has 2 aromatic carbocycles. The van der Waals surface area contributed by atoms with E-state index >= 15 is 0 Å². The summed E-state index contributed by atoms with van der Waals surface area (Å²) in [6.07, 6.45) is 0. The van der Waals surface area contributed by atoms with Gasteiger partial charge in [-0.1, -0.05) is 35.5 Å². The lowest BCUT2D eigenvalue weighted by molar-refractivity contribution is 0.0521. The summed E-state index contributed by atoms with van der Waals surface area (Å²) < 4.78 is 19.7. The van der Waals surface area contributed by atoms with Crippen LogP contribution >= 0.6 is 11.8 Å². The Hall–Kier alpha value is -3.00. The van der Waals surface area contributed by atoms with Gasteiger partial charge in [-0.2, -0.15) is 4.52 Å². The number of nitrogens with zero attached hydrogens (tertiary/aromatic N) is 4. The molecule has 2 heterocycles. The normalized spacial score (nSPS) is 11.2. The fourth-order valence-electron chi connectivity index (χ4n) is 2.71. The van der Waals surface area contributed by atoms with Gasteiger partial charge in [-0.25, -0.2) is 14.2 Å². The number of ether oxygens (including phenoxy) is 1. The predicted molar refractivity (Wildman–Crippen MR) is 100 cm³/mol. The minimum Gasteiger partial charge on any atom is -0.461 e. The molecular weight excluding hydrogens is 367 g/mol. The molecule has 0 radical (unpaired) electrons. The molecule has 0 atom stereocenters. The Bertz CT molecular complexity index is 1130. The van der Waals surface area contributed by atoms with Crippen LogP contribution in [-0.2, 0) is 10.5 Å². The van der Waals surface area contributed by atoms with E-state index < -0.39 is 5.97 Å². The summed E-state index contributed by atoms with van der Waals surface area (Å²) >= 11 is 1.51. The van der Waals surface area contributed by atoms with E-state index in [0.29, 0.717) is 11.4 Å². The average molecular weight is 382 g/mol. The van der Waals surface area contributed by atoms with Crippen LogP contribution in [0.1, 0.15) is 23.0 Å². The third-order valence-electron chi connectivity index (χ3n) is 3.97. The molecule has 0 fully saturated rings. The highest BCUT2D eigenvalue weighted by Gasteiger charge is 2.20. The first-order valence-electron chi connectivity index (χ1n) is 8.36. The molecule has 136 valence electrons. The second kappa shape index (κ2) is 7.32. The third kappa shape index (κ3) is 3.35. The molecule has 0 unspecified atom stereocenters. The molecule has 8 heteroatoms. The molecule has 2 aromatic heterocycles. The van der Waals surface area contributed by atoms with Crippen molar-refractivity contribution in [3.8, 4) is 0 Å². The summed E-state index contributed by atoms with van der Waals surface area (Å²) in [5.74, 6) is -0.202. The largest absolute Gasteiger partial charge is 0.461 e. The van der Waals surface area contributed by atoms with E-state index in [-0.39, 0.29) is 18.1 Å². The molecule has 0 N–H and O–H groups in total. The molecule has 0 aliphatic rings. The molecular formula is C19H15FN4O2S. The molecule has 4 rings (SSSR count). The Balaban J connectivity index is 1.78. The number of hydrogen-bond donors (Lipinski definition) is 0. The van der Waals surface area contributed by atoms with Crippen LogP contribution in [0, 0.1) is 5.82 Å². The highest BCUT2D eigenvalue weighted by molar-refractivity contribution is 7.98. The van der Waals surface area contributed by atoms with E-state index in [4.69, 9.17) is 4.74 Å². The SMILES string of the molecule is CCOC(=O)c1nnn2c1nc(SCc1ccc(F)cc1)c1ccccc12. The Labute approximate surface area is 158 Å². The molecule has 0 spiro atoms. The zero-order valence-electron chi connectivity index (χ0n) is 14.4. The molecule has 0 saturated carbocycles. The van der Waals surface area contributed by atoms with Gasteiger partial charge in [0.05, 0.1) is 12.1 Å². The third-order valence-corrected chi connectivity index (χ3v) is 5.04. The zero-order valence-corrected chi connectivity index (χ0v) is 15.2. The number of thioether (sulfide) groups is 1. The summed E-state index contributed by atoms with van der Waals surface area (Å²) in [4.78, 5) is 16.8. The Morgan fingerprint density at radius 3 is 2.74 bits per heavy atom. The highest BCUT2D eigenvalue weighted by atomic mass is 32.2. The number of rotatable bonds is 5. The van der Waals surface area contributed by atoms with Gasteiger partial charge in [0.15, 0.2) is 5.65 Å². The summed E-state index contributed by atoms with van der Waals surface area (Å²) in [5, 5.41) is 9.68. The van der Waals surface area contributed by atoms with E-state index in [1.54, 1.807) is 23.6 Å². The van der Waals surface area contributed by atoms with Gasteiger partial charge in [0.1, 0.15) is 10.8 Å². The molecule has 0 saturated heterocycles. The zero-order chi connectivity index (χ0) is 18.8. The number of esters is 1. The summed E-state index contributed by atoms with van der Waals surface area (Å²) in [6, 6.07) is 14.0. The summed E-state index contributed by atoms with van der Waals surface area (Å²) in [6.45, 7) is 1.98. The lowest BCUT2D eigenvalue weighted by Gasteiger charge is -2.08. The fourth-order valence-corrected chi connectivity index (χ4v) is 3.68. The van der Waals surface area contributed by atoms with Crippen LogP contribution in [0.25, 0.3) is 16.6 Å². The number of aromatic nitrogens is 4. The van der Waals surface area contributed by atoms with Crippen LogP contribution in [0.15, 0.2) is 53.6 Å². The van der Waals surface area contributed by atoms with E-state index in [0.717, 1.165) is 21.5 Å². The number of fused-ring (bicyclic) bond motifs is 3. The van der Waals surface area contributed by atoms with Gasteiger partial charge in [0.25, 0.3) is 0 Å². The number of carbonyl (C=O) groups excluding carboxylic acids is 1. The number of para-hydroxylation sites is 1. The number of benzene rings is 2. The first kappa shape index (κ1) is 17.4. The first-order valence-corrected chi connectivity index (χ1v) is 9.34. The van der Waals surface area contributed by atoms with Crippen LogP contribution in [0.2, 0.25) is 0 Å². The van der Waals surface area contributed by atoms with Crippen molar-refractivity contribution in [3.05, 3.63) is 65.6 Å². The molecule has 0 amide bonds. The van der Waals surface area contributed by atoms with Crippen molar-refractivity contribution in [3.63, 3.8) is 0 Å². The summed E-state index contributed by atoms with van der Waals surface area (Å²) in [5.41, 5.74) is 2.22. The van der Waals surface area contributed by atoms with Gasteiger partial charge in [-0.15, -0.1) is 16.9 Å². The van der Waals surface area contributed by atoms with E-state index in [2.05, 4.69) is 15.3 Å². The molecule has 6 nitrogen and oxygen atoms in total. The topological polar surface area (TPSA) is 69.4 Å². The predicted octanol–water partition coefficient (Wildman–Crippen LogP) is 3.89. The lowest BCUT2D eigenvalue weighted by atomic mass is 10.2. The Morgan fingerprint density at radius 2 is 1.96 bits per heavy atom. The van der Waals surface area contributed by atoms with Crippen molar-refractivity contribution in [1.29, 1.82) is 0 Å².